The number of benzene rings is 1. The van der Waals surface area contributed by atoms with E-state index in [0.717, 1.165) is 10.9 Å². The third-order valence-electron chi connectivity index (χ3n) is 5.76. The van der Waals surface area contributed by atoms with E-state index in [1.807, 2.05) is 44.2 Å². The molecule has 0 saturated heterocycles. The molecule has 1 aromatic carbocycles. The monoisotopic (exact) mass is 341 g/mol. The molecule has 0 radical (unpaired) electrons. The van der Waals surface area contributed by atoms with Gasteiger partial charge in [-0.3, -0.25) is 4.79 Å². The van der Waals surface area contributed by atoms with Crippen molar-refractivity contribution >= 4 is 10.9 Å². The molecular weight excluding hydrogens is 318 g/mol. The van der Waals surface area contributed by atoms with E-state index in [2.05, 4.69) is 0 Å². The van der Waals surface area contributed by atoms with Crippen molar-refractivity contribution in [2.45, 2.75) is 44.0 Å². The lowest BCUT2D eigenvalue weighted by Gasteiger charge is -2.49. The van der Waals surface area contributed by atoms with Crippen molar-refractivity contribution < 1.29 is 14.9 Å². The van der Waals surface area contributed by atoms with Gasteiger partial charge in [0.2, 0.25) is 0 Å². The number of aromatic nitrogens is 1. The summed E-state index contributed by atoms with van der Waals surface area (Å²) in [5.74, 6) is -0.207. The fourth-order valence-electron chi connectivity index (χ4n) is 4.30. The summed E-state index contributed by atoms with van der Waals surface area (Å²) >= 11 is 0. The molecule has 2 aliphatic rings. The maximum absolute atomic E-state index is 13.1. The van der Waals surface area contributed by atoms with Crippen LogP contribution in [0.5, 0.6) is 5.75 Å². The lowest BCUT2D eigenvalue weighted by molar-refractivity contribution is -0.0855. The highest BCUT2D eigenvalue weighted by Gasteiger charge is 2.53. The second-order valence-electron chi connectivity index (χ2n) is 7.91. The number of hydrogen-bond acceptors (Lipinski definition) is 4. The Morgan fingerprint density at radius 3 is 2.60 bits per heavy atom. The van der Waals surface area contributed by atoms with Gasteiger partial charge in [-0.2, -0.15) is 0 Å². The van der Waals surface area contributed by atoms with Gasteiger partial charge in [-0.25, -0.2) is 0 Å². The Morgan fingerprint density at radius 2 is 1.88 bits per heavy atom. The Morgan fingerprint density at radius 1 is 1.20 bits per heavy atom. The maximum atomic E-state index is 13.1. The molecule has 0 bridgehead atoms. The van der Waals surface area contributed by atoms with Crippen LogP contribution < -0.4 is 10.3 Å². The largest absolute Gasteiger partial charge is 0.486 e. The van der Waals surface area contributed by atoms with Crippen molar-refractivity contribution in [3.63, 3.8) is 0 Å². The van der Waals surface area contributed by atoms with Crippen molar-refractivity contribution in [3.05, 3.63) is 52.3 Å². The van der Waals surface area contributed by atoms with Gasteiger partial charge in [-0.1, -0.05) is 24.3 Å². The zero-order valence-electron chi connectivity index (χ0n) is 14.9. The van der Waals surface area contributed by atoms with Crippen LogP contribution >= 0.6 is 0 Å². The first-order valence-electron chi connectivity index (χ1n) is 8.55. The Kier molecular flexibility index (Phi) is 3.25. The molecule has 0 fully saturated rings. The molecule has 5 nitrogen and oxygen atoms in total. The van der Waals surface area contributed by atoms with Crippen molar-refractivity contribution in [1.82, 2.24) is 4.57 Å². The molecule has 2 heterocycles. The number of fused-ring (bicyclic) bond motifs is 5. The van der Waals surface area contributed by atoms with Crippen LogP contribution in [0.15, 0.2) is 41.2 Å². The van der Waals surface area contributed by atoms with Crippen molar-refractivity contribution in [2.24, 2.45) is 13.0 Å². The van der Waals surface area contributed by atoms with E-state index in [1.54, 1.807) is 24.6 Å². The van der Waals surface area contributed by atoms with Crippen molar-refractivity contribution in [1.29, 1.82) is 0 Å². The SMILES string of the molecule is Cn1c(=O)c2c(c3ccccc31)OC(C)(C)[C@@H]1C=C[C@@](C)(O)[C@@H](O)[C@@H]21. The van der Waals surface area contributed by atoms with Gasteiger partial charge in [0, 0.05) is 24.3 Å². The number of nitrogens with zero attached hydrogens (tertiary/aromatic N) is 1. The number of aryl methyl sites for hydroxylation is 1. The molecule has 1 aliphatic carbocycles. The summed E-state index contributed by atoms with van der Waals surface area (Å²) in [6, 6.07) is 7.59. The average molecular weight is 341 g/mol. The normalized spacial score (nSPS) is 32.8. The van der Waals surface area contributed by atoms with Crippen LogP contribution in [0.25, 0.3) is 10.9 Å². The highest BCUT2D eigenvalue weighted by Crippen LogP contribution is 2.51. The second-order valence-corrected chi connectivity index (χ2v) is 7.91. The number of ether oxygens (including phenoxy) is 1. The zero-order chi connectivity index (χ0) is 18.1. The molecule has 0 amide bonds. The minimum Gasteiger partial charge on any atom is -0.486 e. The van der Waals surface area contributed by atoms with Gasteiger partial charge in [0.05, 0.1) is 17.2 Å². The smallest absolute Gasteiger partial charge is 0.258 e. The minimum atomic E-state index is -1.39. The Labute approximate surface area is 146 Å². The molecule has 0 saturated carbocycles. The van der Waals surface area contributed by atoms with Gasteiger partial charge in [0.15, 0.2) is 0 Å². The van der Waals surface area contributed by atoms with Gasteiger partial charge in [-0.15, -0.1) is 0 Å². The third-order valence-corrected chi connectivity index (χ3v) is 5.76. The molecule has 0 spiro atoms. The quantitative estimate of drug-likeness (QED) is 0.720. The van der Waals surface area contributed by atoms with Gasteiger partial charge in [-0.05, 0) is 32.9 Å². The van der Waals surface area contributed by atoms with E-state index in [-0.39, 0.29) is 11.5 Å². The van der Waals surface area contributed by atoms with Crippen LogP contribution in [-0.4, -0.2) is 32.1 Å². The number of aliphatic hydroxyl groups is 2. The van der Waals surface area contributed by atoms with Crippen LogP contribution in [0.4, 0.5) is 0 Å². The Balaban J connectivity index is 2.11. The van der Waals surface area contributed by atoms with Crippen LogP contribution in [0, 0.1) is 5.92 Å². The summed E-state index contributed by atoms with van der Waals surface area (Å²) in [4.78, 5) is 13.1. The van der Waals surface area contributed by atoms with Crippen molar-refractivity contribution in [3.8, 4) is 5.75 Å². The lowest BCUT2D eigenvalue weighted by Crippen LogP contribution is -2.56. The molecular formula is C20H23NO4. The molecule has 5 heteroatoms. The van der Waals surface area contributed by atoms with Gasteiger partial charge < -0.3 is 19.5 Å². The number of rotatable bonds is 0. The van der Waals surface area contributed by atoms with Gasteiger partial charge in [0.1, 0.15) is 17.0 Å². The number of aliphatic hydroxyl groups excluding tert-OH is 1. The Hall–Kier alpha value is -2.11. The second kappa shape index (κ2) is 4.96. The van der Waals surface area contributed by atoms with E-state index in [4.69, 9.17) is 4.74 Å². The topological polar surface area (TPSA) is 71.7 Å². The van der Waals surface area contributed by atoms with Crippen LogP contribution in [0.3, 0.4) is 0 Å². The van der Waals surface area contributed by atoms with Gasteiger partial charge >= 0.3 is 0 Å². The number of pyridine rings is 1. The summed E-state index contributed by atoms with van der Waals surface area (Å²) in [5, 5.41) is 22.3. The van der Waals surface area contributed by atoms with Crippen LogP contribution in [0.1, 0.15) is 32.3 Å². The predicted molar refractivity (Wildman–Crippen MR) is 95.9 cm³/mol. The summed E-state index contributed by atoms with van der Waals surface area (Å²) in [7, 11) is 1.73. The number of para-hydroxylation sites is 1. The highest BCUT2D eigenvalue weighted by atomic mass is 16.5. The Bertz CT molecular complexity index is 954. The lowest BCUT2D eigenvalue weighted by atomic mass is 9.65. The minimum absolute atomic E-state index is 0.190. The molecule has 2 aromatic rings. The average Bonchev–Trinajstić information content (AvgIpc) is 2.55. The summed E-state index contributed by atoms with van der Waals surface area (Å²) in [6.45, 7) is 5.48. The van der Waals surface area contributed by atoms with E-state index in [0.29, 0.717) is 11.3 Å². The first-order valence-corrected chi connectivity index (χ1v) is 8.55. The first kappa shape index (κ1) is 16.4. The number of hydrogen-bond donors (Lipinski definition) is 2. The fourth-order valence-corrected chi connectivity index (χ4v) is 4.30. The fraction of sp³-hybridized carbons (Fsp3) is 0.450. The zero-order valence-corrected chi connectivity index (χ0v) is 14.9. The summed E-state index contributed by atoms with van der Waals surface area (Å²) in [6.07, 6.45) is 2.40. The predicted octanol–water partition coefficient (Wildman–Crippen LogP) is 2.09. The standard InChI is InChI=1S/C20H23NO4/c1-19(2)12-9-10-20(3,24)17(22)14(12)15-16(25-19)11-7-5-6-8-13(11)21(4)18(15)23/h5-10,12,14,17,22,24H,1-4H3/t12-,14-,17+,20-/m1/s1. The highest BCUT2D eigenvalue weighted by molar-refractivity contribution is 5.87. The molecule has 132 valence electrons. The van der Waals surface area contributed by atoms with E-state index in [1.165, 1.54) is 0 Å². The molecule has 2 N–H and O–H groups in total. The first-order chi connectivity index (χ1) is 11.6. The third kappa shape index (κ3) is 2.12. The molecule has 1 aromatic heterocycles. The van der Waals surface area contributed by atoms with E-state index in [9.17, 15) is 15.0 Å². The van der Waals surface area contributed by atoms with Crippen LogP contribution in [-0.2, 0) is 7.05 Å². The summed E-state index contributed by atoms with van der Waals surface area (Å²) in [5.41, 5.74) is -0.955. The van der Waals surface area contributed by atoms with Gasteiger partial charge in [0.25, 0.3) is 5.56 Å². The van der Waals surface area contributed by atoms with E-state index >= 15 is 0 Å². The molecule has 4 rings (SSSR count). The molecule has 0 unspecified atom stereocenters. The molecule has 1 aliphatic heterocycles. The summed E-state index contributed by atoms with van der Waals surface area (Å²) < 4.78 is 7.89. The molecule has 4 atom stereocenters. The van der Waals surface area contributed by atoms with Crippen LogP contribution in [0.2, 0.25) is 0 Å². The van der Waals surface area contributed by atoms with Crippen molar-refractivity contribution in [2.75, 3.05) is 0 Å². The van der Waals surface area contributed by atoms with E-state index < -0.39 is 23.2 Å². The molecule has 25 heavy (non-hydrogen) atoms. The maximum Gasteiger partial charge on any atom is 0.258 e.